The topological polar surface area (TPSA) is 92.7 Å². The van der Waals surface area contributed by atoms with Gasteiger partial charge in [0.15, 0.2) is 0 Å². The van der Waals surface area contributed by atoms with Crippen LogP contribution in [-0.4, -0.2) is 25.7 Å². The Bertz CT molecular complexity index is 1450. The van der Waals surface area contributed by atoms with Gasteiger partial charge in [-0.3, -0.25) is 19.3 Å². The van der Waals surface area contributed by atoms with Crippen LogP contribution in [0.1, 0.15) is 20.8 Å². The summed E-state index contributed by atoms with van der Waals surface area (Å²) in [5, 5.41) is 11.2. The van der Waals surface area contributed by atoms with Crippen molar-refractivity contribution < 1.29 is 4.79 Å². The fraction of sp³-hybridized carbons (Fsp3) is 0.0909. The van der Waals surface area contributed by atoms with Gasteiger partial charge in [0, 0.05) is 11.1 Å². The number of aryl methyl sites for hydroxylation is 1. The van der Waals surface area contributed by atoms with Gasteiger partial charge in [0.1, 0.15) is 4.83 Å². The lowest BCUT2D eigenvalue weighted by molar-refractivity contribution is 0.103. The van der Waals surface area contributed by atoms with E-state index in [2.05, 4.69) is 20.5 Å². The number of carbonyl (C=O) groups excluding carboxylic acids is 1. The molecule has 30 heavy (non-hydrogen) atoms. The molecular weight excluding hydrogens is 398 g/mol. The van der Waals surface area contributed by atoms with Crippen LogP contribution in [0.3, 0.4) is 0 Å². The van der Waals surface area contributed by atoms with E-state index in [0.717, 1.165) is 16.5 Å². The van der Waals surface area contributed by atoms with E-state index in [1.165, 1.54) is 11.3 Å². The van der Waals surface area contributed by atoms with Crippen molar-refractivity contribution in [3.8, 4) is 0 Å². The van der Waals surface area contributed by atoms with Gasteiger partial charge < -0.3 is 5.32 Å². The van der Waals surface area contributed by atoms with Crippen LogP contribution in [0.5, 0.6) is 0 Å². The average molecular weight is 415 g/mol. The second-order valence-electron chi connectivity index (χ2n) is 7.03. The first-order chi connectivity index (χ1) is 14.6. The predicted molar refractivity (Wildman–Crippen MR) is 118 cm³/mol. The summed E-state index contributed by atoms with van der Waals surface area (Å²) in [6.45, 7) is 2.23. The minimum atomic E-state index is -0.261. The first kappa shape index (κ1) is 18.3. The van der Waals surface area contributed by atoms with Crippen LogP contribution < -0.4 is 10.9 Å². The van der Waals surface area contributed by atoms with Crippen molar-refractivity contribution in [2.24, 2.45) is 0 Å². The van der Waals surface area contributed by atoms with Gasteiger partial charge in [0.2, 0.25) is 0 Å². The lowest BCUT2D eigenvalue weighted by Crippen LogP contribution is -2.21. The Balaban J connectivity index is 1.48. The highest BCUT2D eigenvalue weighted by atomic mass is 32.1. The molecule has 0 fully saturated rings. The number of benzene rings is 2. The molecule has 0 spiro atoms. The lowest BCUT2D eigenvalue weighted by atomic mass is 10.2. The monoisotopic (exact) mass is 415 g/mol. The summed E-state index contributed by atoms with van der Waals surface area (Å²) in [6, 6.07) is 15.3. The van der Waals surface area contributed by atoms with E-state index in [1.54, 1.807) is 24.0 Å². The summed E-state index contributed by atoms with van der Waals surface area (Å²) in [4.78, 5) is 31.4. The van der Waals surface area contributed by atoms with Gasteiger partial charge in [-0.25, -0.2) is 4.98 Å². The summed E-state index contributed by atoms with van der Waals surface area (Å²) in [5.41, 5.74) is 3.01. The van der Waals surface area contributed by atoms with Gasteiger partial charge in [-0.2, -0.15) is 5.10 Å². The van der Waals surface area contributed by atoms with Crippen LogP contribution in [0, 0.1) is 6.92 Å². The molecule has 3 aromatic heterocycles. The SMILES string of the molecule is Cc1c(C(=O)Nc2ccc3cn[nH]c3c2)sc2ncn(Cc3ccccc3)c(=O)c12. The molecule has 2 aromatic carbocycles. The molecule has 0 radical (unpaired) electrons. The highest BCUT2D eigenvalue weighted by molar-refractivity contribution is 7.20. The first-order valence-corrected chi connectivity index (χ1v) is 10.2. The number of aromatic nitrogens is 4. The van der Waals surface area contributed by atoms with Crippen LogP contribution in [-0.2, 0) is 6.54 Å². The Kier molecular flexibility index (Phi) is 4.40. The molecule has 7 nitrogen and oxygen atoms in total. The van der Waals surface area contributed by atoms with Gasteiger partial charge in [-0.15, -0.1) is 11.3 Å². The van der Waals surface area contributed by atoms with Crippen molar-refractivity contribution in [3.63, 3.8) is 0 Å². The number of hydrogen-bond acceptors (Lipinski definition) is 5. The molecule has 8 heteroatoms. The Morgan fingerprint density at radius 3 is 2.87 bits per heavy atom. The van der Waals surface area contributed by atoms with Crippen molar-refractivity contribution in [1.29, 1.82) is 0 Å². The molecule has 2 N–H and O–H groups in total. The Morgan fingerprint density at radius 1 is 1.20 bits per heavy atom. The van der Waals surface area contributed by atoms with Crippen molar-refractivity contribution in [1.82, 2.24) is 19.7 Å². The third kappa shape index (κ3) is 3.17. The van der Waals surface area contributed by atoms with Crippen LogP contribution in [0.4, 0.5) is 5.69 Å². The number of nitrogens with zero attached hydrogens (tertiary/aromatic N) is 3. The normalized spacial score (nSPS) is 11.2. The lowest BCUT2D eigenvalue weighted by Gasteiger charge is -2.06. The number of anilines is 1. The third-order valence-corrected chi connectivity index (χ3v) is 6.22. The maximum Gasteiger partial charge on any atom is 0.266 e. The Hall–Kier alpha value is -3.78. The predicted octanol–water partition coefficient (Wildman–Crippen LogP) is 3.94. The number of amides is 1. The largest absolute Gasteiger partial charge is 0.321 e. The molecule has 0 bridgehead atoms. The van der Waals surface area contributed by atoms with Crippen LogP contribution >= 0.6 is 11.3 Å². The van der Waals surface area contributed by atoms with Gasteiger partial charge >= 0.3 is 0 Å². The number of nitrogens with one attached hydrogen (secondary N) is 2. The molecule has 0 unspecified atom stereocenters. The third-order valence-electron chi connectivity index (χ3n) is 5.02. The highest BCUT2D eigenvalue weighted by Gasteiger charge is 2.20. The second kappa shape index (κ2) is 7.23. The number of aromatic amines is 1. The van der Waals surface area contributed by atoms with E-state index in [-0.39, 0.29) is 11.5 Å². The summed E-state index contributed by atoms with van der Waals surface area (Å²) in [7, 11) is 0. The van der Waals surface area contributed by atoms with E-state index in [9.17, 15) is 9.59 Å². The molecule has 0 atom stereocenters. The second-order valence-corrected chi connectivity index (χ2v) is 8.02. The van der Waals surface area contributed by atoms with E-state index in [4.69, 9.17) is 0 Å². The van der Waals surface area contributed by atoms with Crippen molar-refractivity contribution in [2.45, 2.75) is 13.5 Å². The molecule has 0 saturated heterocycles. The summed E-state index contributed by atoms with van der Waals surface area (Å²) in [5.74, 6) is -0.261. The van der Waals surface area contributed by atoms with Crippen LogP contribution in [0.25, 0.3) is 21.1 Å². The summed E-state index contributed by atoms with van der Waals surface area (Å²) < 4.78 is 1.57. The Labute approximate surface area is 175 Å². The quantitative estimate of drug-likeness (QED) is 0.465. The standard InChI is InChI=1S/C22H17N5O2S/c1-13-18-21(23-12-27(22(18)29)11-14-5-3-2-4-6-14)30-19(13)20(28)25-16-8-7-15-10-24-26-17(15)9-16/h2-10,12H,11H2,1H3,(H,24,26)(H,25,28). The fourth-order valence-electron chi connectivity index (χ4n) is 3.47. The fourth-order valence-corrected chi connectivity index (χ4v) is 4.51. The highest BCUT2D eigenvalue weighted by Crippen LogP contribution is 2.28. The van der Waals surface area contributed by atoms with Gasteiger partial charge in [0.25, 0.3) is 11.5 Å². The number of carbonyl (C=O) groups is 1. The van der Waals surface area contributed by atoms with Crippen LogP contribution in [0.2, 0.25) is 0 Å². The Morgan fingerprint density at radius 2 is 2.03 bits per heavy atom. The number of H-pyrrole nitrogens is 1. The van der Waals surface area contributed by atoms with E-state index in [0.29, 0.717) is 32.9 Å². The molecular formula is C22H17N5O2S. The van der Waals surface area contributed by atoms with Gasteiger partial charge in [0.05, 0.1) is 34.8 Å². The minimum Gasteiger partial charge on any atom is -0.321 e. The van der Waals surface area contributed by atoms with Crippen molar-refractivity contribution >= 4 is 44.1 Å². The molecule has 148 valence electrons. The van der Waals surface area contributed by atoms with Crippen molar-refractivity contribution in [3.05, 3.63) is 87.4 Å². The molecule has 0 saturated carbocycles. The summed E-state index contributed by atoms with van der Waals surface area (Å²) >= 11 is 1.23. The first-order valence-electron chi connectivity index (χ1n) is 9.37. The molecule has 0 aliphatic carbocycles. The molecule has 0 aliphatic heterocycles. The zero-order valence-corrected chi connectivity index (χ0v) is 16.9. The number of rotatable bonds is 4. The van der Waals surface area contributed by atoms with Crippen molar-refractivity contribution in [2.75, 3.05) is 5.32 Å². The number of fused-ring (bicyclic) bond motifs is 2. The maximum absolute atomic E-state index is 13.1. The molecule has 5 aromatic rings. The van der Waals surface area contributed by atoms with E-state index < -0.39 is 0 Å². The molecule has 5 rings (SSSR count). The molecule has 3 heterocycles. The van der Waals surface area contributed by atoms with E-state index >= 15 is 0 Å². The summed E-state index contributed by atoms with van der Waals surface area (Å²) in [6.07, 6.45) is 3.27. The number of thiophene rings is 1. The maximum atomic E-state index is 13.1. The molecule has 1 amide bonds. The van der Waals surface area contributed by atoms with Crippen LogP contribution in [0.15, 0.2) is 65.8 Å². The zero-order valence-electron chi connectivity index (χ0n) is 16.0. The smallest absolute Gasteiger partial charge is 0.266 e. The minimum absolute atomic E-state index is 0.143. The van der Waals surface area contributed by atoms with Gasteiger partial charge in [-0.05, 0) is 36.2 Å². The number of hydrogen-bond donors (Lipinski definition) is 2. The van der Waals surface area contributed by atoms with E-state index in [1.807, 2.05) is 48.5 Å². The zero-order chi connectivity index (χ0) is 20.7. The molecule has 0 aliphatic rings. The van der Waals surface area contributed by atoms with Gasteiger partial charge in [-0.1, -0.05) is 30.3 Å². The average Bonchev–Trinajstić information content (AvgIpc) is 3.35.